The summed E-state index contributed by atoms with van der Waals surface area (Å²) in [6.07, 6.45) is 2.98. The fourth-order valence-corrected chi connectivity index (χ4v) is 1.71. The van der Waals surface area contributed by atoms with Crippen LogP contribution in [0.15, 0.2) is 36.7 Å². The number of hydrogen-bond donors (Lipinski definition) is 2. The van der Waals surface area contributed by atoms with Gasteiger partial charge in [-0.15, -0.1) is 0 Å². The van der Waals surface area contributed by atoms with E-state index in [1.807, 2.05) is 24.3 Å². The molecule has 0 unspecified atom stereocenters. The lowest BCUT2D eigenvalue weighted by atomic mass is 10.2. The Balaban J connectivity index is 2.04. The van der Waals surface area contributed by atoms with Crippen molar-refractivity contribution in [2.24, 2.45) is 0 Å². The van der Waals surface area contributed by atoms with Crippen molar-refractivity contribution in [3.8, 4) is 5.75 Å². The number of amides is 1. The van der Waals surface area contributed by atoms with Gasteiger partial charge in [0.25, 0.3) is 5.91 Å². The van der Waals surface area contributed by atoms with E-state index in [0.29, 0.717) is 12.4 Å². The molecule has 6 nitrogen and oxygen atoms in total. The van der Waals surface area contributed by atoms with Gasteiger partial charge in [-0.25, -0.2) is 4.98 Å². The van der Waals surface area contributed by atoms with Crippen molar-refractivity contribution in [1.82, 2.24) is 15.3 Å². The fourth-order valence-electron chi connectivity index (χ4n) is 1.71. The Bertz CT molecular complexity index is 601. The Hall–Kier alpha value is -2.63. The highest BCUT2D eigenvalue weighted by Gasteiger charge is 2.09. The van der Waals surface area contributed by atoms with Crippen LogP contribution in [0, 0.1) is 0 Å². The Kier molecular flexibility index (Phi) is 4.49. The van der Waals surface area contributed by atoms with E-state index < -0.39 is 0 Å². The first-order valence-electron chi connectivity index (χ1n) is 6.14. The van der Waals surface area contributed by atoms with Gasteiger partial charge in [-0.2, -0.15) is 0 Å². The third-order valence-electron chi connectivity index (χ3n) is 2.76. The van der Waals surface area contributed by atoms with Crippen molar-refractivity contribution in [2.45, 2.75) is 6.54 Å². The Morgan fingerprint density at radius 3 is 2.85 bits per heavy atom. The first kappa shape index (κ1) is 13.8. The van der Waals surface area contributed by atoms with Crippen LogP contribution in [0.3, 0.4) is 0 Å². The number of methoxy groups -OCH3 is 1. The Labute approximate surface area is 117 Å². The third kappa shape index (κ3) is 3.23. The van der Waals surface area contributed by atoms with Gasteiger partial charge in [-0.05, 0) is 6.07 Å². The van der Waals surface area contributed by atoms with E-state index in [1.165, 1.54) is 6.20 Å². The monoisotopic (exact) mass is 272 g/mol. The number of anilines is 1. The molecule has 0 saturated heterocycles. The van der Waals surface area contributed by atoms with E-state index in [4.69, 9.17) is 4.74 Å². The second-order valence-electron chi connectivity index (χ2n) is 4.03. The summed E-state index contributed by atoms with van der Waals surface area (Å²) in [6, 6.07) is 7.52. The molecule has 0 spiro atoms. The van der Waals surface area contributed by atoms with E-state index in [0.717, 1.165) is 11.3 Å². The van der Waals surface area contributed by atoms with Crippen molar-refractivity contribution in [3.05, 3.63) is 47.9 Å². The van der Waals surface area contributed by atoms with Gasteiger partial charge in [0.2, 0.25) is 0 Å². The van der Waals surface area contributed by atoms with Crippen molar-refractivity contribution in [2.75, 3.05) is 19.5 Å². The highest BCUT2D eigenvalue weighted by Crippen LogP contribution is 2.16. The van der Waals surface area contributed by atoms with Gasteiger partial charge in [0, 0.05) is 19.2 Å². The lowest BCUT2D eigenvalue weighted by Gasteiger charge is -2.09. The van der Waals surface area contributed by atoms with Gasteiger partial charge >= 0.3 is 0 Å². The molecule has 0 saturated carbocycles. The highest BCUT2D eigenvalue weighted by atomic mass is 16.5. The van der Waals surface area contributed by atoms with Crippen molar-refractivity contribution >= 4 is 11.7 Å². The van der Waals surface area contributed by atoms with Gasteiger partial charge in [-0.1, -0.05) is 18.2 Å². The Morgan fingerprint density at radius 1 is 1.30 bits per heavy atom. The van der Waals surface area contributed by atoms with Gasteiger partial charge in [-0.3, -0.25) is 9.78 Å². The second-order valence-corrected chi connectivity index (χ2v) is 4.03. The average molecular weight is 272 g/mol. The molecule has 0 aliphatic carbocycles. The predicted octanol–water partition coefficient (Wildman–Crippen LogP) is 1.46. The molecule has 1 heterocycles. The molecule has 104 valence electrons. The normalized spacial score (nSPS) is 9.90. The van der Waals surface area contributed by atoms with Gasteiger partial charge in [0.15, 0.2) is 0 Å². The molecule has 0 radical (unpaired) electrons. The number of carbonyl (C=O) groups excluding carboxylic acids is 1. The maximum Gasteiger partial charge on any atom is 0.271 e. The number of aromatic nitrogens is 2. The zero-order chi connectivity index (χ0) is 14.4. The summed E-state index contributed by atoms with van der Waals surface area (Å²) in [4.78, 5) is 20.1. The maximum absolute atomic E-state index is 12.0. The molecule has 6 heteroatoms. The quantitative estimate of drug-likeness (QED) is 0.861. The second kappa shape index (κ2) is 6.51. The molecule has 2 rings (SSSR count). The molecule has 1 aromatic heterocycles. The fraction of sp³-hybridized carbons (Fsp3) is 0.214. The summed E-state index contributed by atoms with van der Waals surface area (Å²) < 4.78 is 5.23. The summed E-state index contributed by atoms with van der Waals surface area (Å²) in [6.45, 7) is 0.369. The molecule has 2 N–H and O–H groups in total. The van der Waals surface area contributed by atoms with E-state index in [2.05, 4.69) is 20.6 Å². The summed E-state index contributed by atoms with van der Waals surface area (Å²) in [5.74, 6) is 1.01. The Morgan fingerprint density at radius 2 is 2.10 bits per heavy atom. The maximum atomic E-state index is 12.0. The number of nitrogens with zero attached hydrogens (tertiary/aromatic N) is 2. The predicted molar refractivity (Wildman–Crippen MR) is 75.7 cm³/mol. The largest absolute Gasteiger partial charge is 0.496 e. The molecular weight excluding hydrogens is 256 g/mol. The van der Waals surface area contributed by atoms with Crippen LogP contribution in [0.5, 0.6) is 5.75 Å². The van der Waals surface area contributed by atoms with Gasteiger partial charge < -0.3 is 15.4 Å². The smallest absolute Gasteiger partial charge is 0.271 e. The van der Waals surface area contributed by atoms with Crippen LogP contribution in [0.4, 0.5) is 5.82 Å². The number of ether oxygens (including phenoxy) is 1. The number of carbonyl (C=O) groups is 1. The molecule has 0 bridgehead atoms. The summed E-state index contributed by atoms with van der Waals surface area (Å²) in [5, 5.41) is 5.63. The molecule has 1 aromatic carbocycles. The lowest BCUT2D eigenvalue weighted by molar-refractivity contribution is 0.0945. The van der Waals surface area contributed by atoms with Gasteiger partial charge in [0.05, 0.1) is 19.5 Å². The molecule has 20 heavy (non-hydrogen) atoms. The lowest BCUT2D eigenvalue weighted by Crippen LogP contribution is -2.24. The van der Waals surface area contributed by atoms with E-state index in [1.54, 1.807) is 20.4 Å². The molecule has 0 atom stereocenters. The molecule has 0 aliphatic rings. The first-order valence-corrected chi connectivity index (χ1v) is 6.14. The minimum absolute atomic E-state index is 0.270. The van der Waals surface area contributed by atoms with Crippen LogP contribution >= 0.6 is 0 Å². The summed E-state index contributed by atoms with van der Waals surface area (Å²) in [7, 11) is 3.32. The molecule has 1 amide bonds. The van der Waals surface area contributed by atoms with Crippen LogP contribution in [-0.4, -0.2) is 30.0 Å². The molecule has 0 fully saturated rings. The molecule has 0 aliphatic heterocycles. The summed E-state index contributed by atoms with van der Waals surface area (Å²) >= 11 is 0. The number of para-hydroxylation sites is 1. The van der Waals surface area contributed by atoms with Gasteiger partial charge in [0.1, 0.15) is 17.3 Å². The van der Waals surface area contributed by atoms with Crippen LogP contribution < -0.4 is 15.4 Å². The molecule has 2 aromatic rings. The minimum atomic E-state index is -0.277. The average Bonchev–Trinajstić information content (AvgIpc) is 2.52. The van der Waals surface area contributed by atoms with Crippen LogP contribution in [0.2, 0.25) is 0 Å². The summed E-state index contributed by atoms with van der Waals surface area (Å²) in [5.41, 5.74) is 1.17. The number of nitrogens with one attached hydrogen (secondary N) is 2. The number of hydrogen-bond acceptors (Lipinski definition) is 5. The van der Waals surface area contributed by atoms with E-state index in [9.17, 15) is 4.79 Å². The highest BCUT2D eigenvalue weighted by molar-refractivity contribution is 5.92. The standard InChI is InChI=1S/C14H16N4O2/c1-15-13-9-16-8-11(18-13)14(19)17-7-10-5-3-4-6-12(10)20-2/h3-6,8-9H,7H2,1-2H3,(H,15,18)(H,17,19). The number of benzene rings is 1. The minimum Gasteiger partial charge on any atom is -0.496 e. The SMILES string of the molecule is CNc1cncc(C(=O)NCc2ccccc2OC)n1. The van der Waals surface area contributed by atoms with Crippen molar-refractivity contribution in [1.29, 1.82) is 0 Å². The van der Waals surface area contributed by atoms with Crippen LogP contribution in [0.1, 0.15) is 16.1 Å². The number of rotatable bonds is 5. The first-order chi connectivity index (χ1) is 9.74. The third-order valence-corrected chi connectivity index (χ3v) is 2.76. The zero-order valence-corrected chi connectivity index (χ0v) is 11.4. The molecular formula is C14H16N4O2. The van der Waals surface area contributed by atoms with E-state index in [-0.39, 0.29) is 11.6 Å². The van der Waals surface area contributed by atoms with E-state index >= 15 is 0 Å². The van der Waals surface area contributed by atoms with Crippen LogP contribution in [-0.2, 0) is 6.54 Å². The van der Waals surface area contributed by atoms with Crippen molar-refractivity contribution < 1.29 is 9.53 Å². The zero-order valence-electron chi connectivity index (χ0n) is 11.4. The topological polar surface area (TPSA) is 76.1 Å². The van der Waals surface area contributed by atoms with Crippen LogP contribution in [0.25, 0.3) is 0 Å². The van der Waals surface area contributed by atoms with Crippen molar-refractivity contribution in [3.63, 3.8) is 0 Å².